The van der Waals surface area contributed by atoms with E-state index >= 15 is 0 Å². The van der Waals surface area contributed by atoms with Gasteiger partial charge in [-0.15, -0.1) is 0 Å². The van der Waals surface area contributed by atoms with Gasteiger partial charge in [-0.25, -0.2) is 0 Å². The summed E-state index contributed by atoms with van der Waals surface area (Å²) >= 11 is 0.490. The summed E-state index contributed by atoms with van der Waals surface area (Å²) in [5.74, 6) is -2.55. The minimum atomic E-state index is -2.43. The third kappa shape index (κ3) is 3.95. The molecule has 3 rings (SSSR count). The molecule has 114 valence electrons. The molecule has 2 aliphatic rings. The highest BCUT2D eigenvalue weighted by Crippen LogP contribution is 2.30. The van der Waals surface area contributed by atoms with Crippen LogP contribution in [0.15, 0.2) is 29.2 Å². The molecule has 1 aliphatic heterocycles. The van der Waals surface area contributed by atoms with Crippen LogP contribution in [-0.4, -0.2) is 41.7 Å². The zero-order chi connectivity index (χ0) is 14.8. The summed E-state index contributed by atoms with van der Waals surface area (Å²) in [5.41, 5.74) is 0.526. The first kappa shape index (κ1) is 14.8. The van der Waals surface area contributed by atoms with E-state index in [-0.39, 0.29) is 11.9 Å². The SMILES string of the molecule is O=C(NC1CCN(C2CC2)C1)c1ccc(SC(F)F)cc1. The normalized spacial score (nSPS) is 22.7. The van der Waals surface area contributed by atoms with Crippen LogP contribution in [0.4, 0.5) is 8.78 Å². The minimum Gasteiger partial charge on any atom is -0.348 e. The highest BCUT2D eigenvalue weighted by Gasteiger charge is 2.34. The standard InChI is InChI=1S/C15H18F2N2OS/c16-15(17)21-13-5-1-10(2-6-13)14(20)18-11-7-8-19(9-11)12-3-4-12/h1-2,5-6,11-12,15H,3-4,7-9H2,(H,18,20). The van der Waals surface area contributed by atoms with Gasteiger partial charge in [0, 0.05) is 35.6 Å². The van der Waals surface area contributed by atoms with Crippen molar-refractivity contribution in [2.24, 2.45) is 0 Å². The van der Waals surface area contributed by atoms with Crippen LogP contribution in [0, 0.1) is 0 Å². The number of hydrogen-bond acceptors (Lipinski definition) is 3. The van der Waals surface area contributed by atoms with Crippen LogP contribution >= 0.6 is 11.8 Å². The molecule has 0 radical (unpaired) electrons. The Balaban J connectivity index is 1.53. The van der Waals surface area contributed by atoms with Gasteiger partial charge in [0.1, 0.15) is 0 Å². The van der Waals surface area contributed by atoms with Crippen LogP contribution in [0.25, 0.3) is 0 Å². The van der Waals surface area contributed by atoms with Crippen molar-refractivity contribution in [3.8, 4) is 0 Å². The summed E-state index contributed by atoms with van der Waals surface area (Å²) in [6, 6.07) is 7.28. The molecule has 1 aliphatic carbocycles. The van der Waals surface area contributed by atoms with E-state index in [1.165, 1.54) is 12.8 Å². The fourth-order valence-corrected chi connectivity index (χ4v) is 3.23. The van der Waals surface area contributed by atoms with E-state index < -0.39 is 5.76 Å². The highest BCUT2D eigenvalue weighted by molar-refractivity contribution is 7.99. The van der Waals surface area contributed by atoms with Gasteiger partial charge in [0.15, 0.2) is 0 Å². The first-order valence-corrected chi connectivity index (χ1v) is 8.09. The van der Waals surface area contributed by atoms with Crippen LogP contribution in [0.5, 0.6) is 0 Å². The Labute approximate surface area is 127 Å². The van der Waals surface area contributed by atoms with E-state index in [4.69, 9.17) is 0 Å². The first-order chi connectivity index (χ1) is 10.1. The lowest BCUT2D eigenvalue weighted by Gasteiger charge is -2.15. The number of hydrogen-bond donors (Lipinski definition) is 1. The molecule has 1 saturated heterocycles. The van der Waals surface area contributed by atoms with Crippen LogP contribution in [-0.2, 0) is 0 Å². The number of carbonyl (C=O) groups excluding carboxylic acids is 1. The molecular formula is C15H18F2N2OS. The molecule has 0 spiro atoms. The number of benzene rings is 1. The van der Waals surface area contributed by atoms with Crippen molar-refractivity contribution < 1.29 is 13.6 Å². The van der Waals surface area contributed by atoms with Gasteiger partial charge in [-0.3, -0.25) is 9.69 Å². The van der Waals surface area contributed by atoms with Gasteiger partial charge in [0.25, 0.3) is 11.7 Å². The van der Waals surface area contributed by atoms with Crippen LogP contribution in [0.3, 0.4) is 0 Å². The molecule has 21 heavy (non-hydrogen) atoms. The van der Waals surface area contributed by atoms with E-state index in [1.807, 2.05) is 0 Å². The van der Waals surface area contributed by atoms with Crippen molar-refractivity contribution in [3.05, 3.63) is 29.8 Å². The Bertz CT molecular complexity index is 505. The summed E-state index contributed by atoms with van der Waals surface area (Å²) in [7, 11) is 0. The molecule has 1 saturated carbocycles. The maximum Gasteiger partial charge on any atom is 0.288 e. The number of rotatable bonds is 5. The second kappa shape index (κ2) is 6.32. The van der Waals surface area contributed by atoms with Gasteiger partial charge in [0.2, 0.25) is 0 Å². The van der Waals surface area contributed by atoms with Crippen molar-refractivity contribution in [2.75, 3.05) is 13.1 Å². The monoisotopic (exact) mass is 312 g/mol. The molecule has 1 aromatic rings. The number of halogens is 2. The van der Waals surface area contributed by atoms with E-state index in [0.29, 0.717) is 22.2 Å². The second-order valence-corrected chi connectivity index (χ2v) is 6.65. The Morgan fingerprint density at radius 1 is 1.24 bits per heavy atom. The van der Waals surface area contributed by atoms with E-state index in [1.54, 1.807) is 24.3 Å². The second-order valence-electron chi connectivity index (χ2n) is 5.59. The molecule has 6 heteroatoms. The number of alkyl halides is 2. The van der Waals surface area contributed by atoms with Gasteiger partial charge >= 0.3 is 0 Å². The average Bonchev–Trinajstić information content (AvgIpc) is 3.20. The van der Waals surface area contributed by atoms with Crippen LogP contribution in [0.1, 0.15) is 29.6 Å². The molecule has 1 heterocycles. The molecule has 0 aromatic heterocycles. The topological polar surface area (TPSA) is 32.3 Å². The van der Waals surface area contributed by atoms with Crippen molar-refractivity contribution in [1.29, 1.82) is 0 Å². The van der Waals surface area contributed by atoms with Gasteiger partial charge < -0.3 is 5.32 Å². The number of carbonyl (C=O) groups is 1. The average molecular weight is 312 g/mol. The van der Waals surface area contributed by atoms with Crippen LogP contribution < -0.4 is 5.32 Å². The fraction of sp³-hybridized carbons (Fsp3) is 0.533. The molecule has 1 atom stereocenters. The maximum atomic E-state index is 12.2. The molecular weight excluding hydrogens is 294 g/mol. The predicted molar refractivity (Wildman–Crippen MR) is 78.8 cm³/mol. The lowest BCUT2D eigenvalue weighted by atomic mass is 10.2. The summed E-state index contributed by atoms with van der Waals surface area (Å²) < 4.78 is 24.5. The van der Waals surface area contributed by atoms with Gasteiger partial charge in [-0.1, -0.05) is 11.8 Å². The van der Waals surface area contributed by atoms with Crippen molar-refractivity contribution >= 4 is 17.7 Å². The smallest absolute Gasteiger partial charge is 0.288 e. The summed E-state index contributed by atoms with van der Waals surface area (Å²) in [4.78, 5) is 15.1. The summed E-state index contributed by atoms with van der Waals surface area (Å²) in [6.45, 7) is 1.98. The summed E-state index contributed by atoms with van der Waals surface area (Å²) in [5, 5.41) is 3.03. The quantitative estimate of drug-likeness (QED) is 0.849. The molecule has 1 N–H and O–H groups in total. The number of likely N-dealkylation sites (tertiary alicyclic amines) is 1. The van der Waals surface area contributed by atoms with E-state index in [9.17, 15) is 13.6 Å². The number of amides is 1. The predicted octanol–water partition coefficient (Wildman–Crippen LogP) is 2.97. The molecule has 1 aromatic carbocycles. The van der Waals surface area contributed by atoms with Crippen molar-refractivity contribution in [3.63, 3.8) is 0 Å². The number of nitrogens with one attached hydrogen (secondary N) is 1. The lowest BCUT2D eigenvalue weighted by molar-refractivity contribution is 0.0937. The van der Waals surface area contributed by atoms with Gasteiger partial charge in [-0.05, 0) is 43.5 Å². The zero-order valence-corrected chi connectivity index (χ0v) is 12.4. The summed E-state index contributed by atoms with van der Waals surface area (Å²) in [6.07, 6.45) is 3.55. The lowest BCUT2D eigenvalue weighted by Crippen LogP contribution is -2.37. The molecule has 1 unspecified atom stereocenters. The largest absolute Gasteiger partial charge is 0.348 e. The van der Waals surface area contributed by atoms with Crippen molar-refractivity contribution in [1.82, 2.24) is 10.2 Å². The molecule has 3 nitrogen and oxygen atoms in total. The zero-order valence-electron chi connectivity index (χ0n) is 11.6. The van der Waals surface area contributed by atoms with E-state index in [0.717, 1.165) is 25.6 Å². The third-order valence-electron chi connectivity index (χ3n) is 3.96. The Morgan fingerprint density at radius 2 is 1.95 bits per heavy atom. The number of nitrogens with zero attached hydrogens (tertiary/aromatic N) is 1. The van der Waals surface area contributed by atoms with E-state index in [2.05, 4.69) is 10.2 Å². The first-order valence-electron chi connectivity index (χ1n) is 7.21. The third-order valence-corrected chi connectivity index (χ3v) is 4.68. The highest BCUT2D eigenvalue weighted by atomic mass is 32.2. The van der Waals surface area contributed by atoms with Gasteiger partial charge in [0.05, 0.1) is 0 Å². The molecule has 1 amide bonds. The minimum absolute atomic E-state index is 0.119. The fourth-order valence-electron chi connectivity index (χ4n) is 2.73. The van der Waals surface area contributed by atoms with Gasteiger partial charge in [-0.2, -0.15) is 8.78 Å². The Kier molecular flexibility index (Phi) is 4.45. The van der Waals surface area contributed by atoms with Crippen molar-refractivity contribution in [2.45, 2.75) is 42.0 Å². The molecule has 2 fully saturated rings. The Morgan fingerprint density at radius 3 is 2.57 bits per heavy atom. The maximum absolute atomic E-state index is 12.2. The number of thioether (sulfide) groups is 1. The Hall–Kier alpha value is -1.14. The molecule has 0 bridgehead atoms. The van der Waals surface area contributed by atoms with Crippen LogP contribution in [0.2, 0.25) is 0 Å².